The SMILES string of the molecule is Cc1cccc(OCC(=O)N(C)CC2Cc3ccccc3CO2)c1. The Kier molecular flexibility index (Phi) is 5.16. The van der Waals surface area contributed by atoms with E-state index in [2.05, 4.69) is 12.1 Å². The maximum Gasteiger partial charge on any atom is 0.260 e. The molecule has 1 heterocycles. The Labute approximate surface area is 143 Å². The molecule has 0 radical (unpaired) electrons. The molecule has 1 unspecified atom stereocenters. The van der Waals surface area contributed by atoms with Crippen molar-refractivity contribution in [3.63, 3.8) is 0 Å². The molecule has 0 aromatic heterocycles. The van der Waals surface area contributed by atoms with Crippen LogP contribution in [0.15, 0.2) is 48.5 Å². The fourth-order valence-electron chi connectivity index (χ4n) is 2.89. The maximum atomic E-state index is 12.3. The van der Waals surface area contributed by atoms with Gasteiger partial charge >= 0.3 is 0 Å². The summed E-state index contributed by atoms with van der Waals surface area (Å²) in [5.74, 6) is 0.679. The van der Waals surface area contributed by atoms with Crippen LogP contribution in [0.4, 0.5) is 0 Å². The molecule has 0 N–H and O–H groups in total. The van der Waals surface area contributed by atoms with Crippen LogP contribution < -0.4 is 4.74 Å². The summed E-state index contributed by atoms with van der Waals surface area (Å²) in [6, 6.07) is 16.0. The average molecular weight is 325 g/mol. The second-order valence-electron chi connectivity index (χ2n) is 6.29. The molecule has 1 aliphatic heterocycles. The Bertz CT molecular complexity index is 714. The van der Waals surface area contributed by atoms with E-state index in [1.807, 2.05) is 43.3 Å². The number of aryl methyl sites for hydroxylation is 1. The number of fused-ring (bicyclic) bond motifs is 1. The molecule has 4 heteroatoms. The molecule has 24 heavy (non-hydrogen) atoms. The fourth-order valence-corrected chi connectivity index (χ4v) is 2.89. The van der Waals surface area contributed by atoms with Gasteiger partial charge in [-0.1, -0.05) is 36.4 Å². The van der Waals surface area contributed by atoms with E-state index in [0.717, 1.165) is 17.7 Å². The number of carbonyl (C=O) groups excluding carboxylic acids is 1. The van der Waals surface area contributed by atoms with E-state index in [0.29, 0.717) is 13.2 Å². The third kappa shape index (κ3) is 4.15. The van der Waals surface area contributed by atoms with Crippen LogP contribution in [-0.4, -0.2) is 37.1 Å². The van der Waals surface area contributed by atoms with Crippen molar-refractivity contribution in [2.24, 2.45) is 0 Å². The van der Waals surface area contributed by atoms with Gasteiger partial charge in [0, 0.05) is 20.0 Å². The quantitative estimate of drug-likeness (QED) is 0.848. The lowest BCUT2D eigenvalue weighted by Gasteiger charge is -2.29. The number of ether oxygens (including phenoxy) is 2. The summed E-state index contributed by atoms with van der Waals surface area (Å²) in [6.45, 7) is 3.23. The van der Waals surface area contributed by atoms with E-state index in [1.54, 1.807) is 11.9 Å². The number of carbonyl (C=O) groups is 1. The van der Waals surface area contributed by atoms with E-state index < -0.39 is 0 Å². The fraction of sp³-hybridized carbons (Fsp3) is 0.350. The minimum atomic E-state index is -0.0426. The number of likely N-dealkylation sites (N-methyl/N-ethyl adjacent to an activating group) is 1. The molecule has 1 aliphatic rings. The molecule has 126 valence electrons. The van der Waals surface area contributed by atoms with Crippen LogP contribution >= 0.6 is 0 Å². The molecular weight excluding hydrogens is 302 g/mol. The van der Waals surface area contributed by atoms with Crippen LogP contribution in [0.2, 0.25) is 0 Å². The average Bonchev–Trinajstić information content (AvgIpc) is 2.59. The van der Waals surface area contributed by atoms with Gasteiger partial charge < -0.3 is 14.4 Å². The van der Waals surface area contributed by atoms with Gasteiger partial charge in [-0.25, -0.2) is 0 Å². The van der Waals surface area contributed by atoms with Crippen molar-refractivity contribution in [1.82, 2.24) is 4.90 Å². The van der Waals surface area contributed by atoms with Gasteiger partial charge in [0.25, 0.3) is 5.91 Å². The molecule has 0 aliphatic carbocycles. The Morgan fingerprint density at radius 2 is 2.00 bits per heavy atom. The minimum Gasteiger partial charge on any atom is -0.484 e. The number of amides is 1. The van der Waals surface area contributed by atoms with E-state index in [-0.39, 0.29) is 18.6 Å². The third-order valence-corrected chi connectivity index (χ3v) is 4.30. The molecule has 0 bridgehead atoms. The topological polar surface area (TPSA) is 38.8 Å². The highest BCUT2D eigenvalue weighted by Gasteiger charge is 2.22. The molecule has 0 spiro atoms. The van der Waals surface area contributed by atoms with Crippen molar-refractivity contribution >= 4 is 5.91 Å². The van der Waals surface area contributed by atoms with Crippen molar-refractivity contribution in [2.75, 3.05) is 20.2 Å². The summed E-state index contributed by atoms with van der Waals surface area (Å²) in [5.41, 5.74) is 3.67. The van der Waals surface area contributed by atoms with Crippen molar-refractivity contribution in [3.8, 4) is 5.75 Å². The van der Waals surface area contributed by atoms with Gasteiger partial charge in [-0.15, -0.1) is 0 Å². The predicted octanol–water partition coefficient (Wildman–Crippen LogP) is 2.97. The molecule has 1 atom stereocenters. The van der Waals surface area contributed by atoms with Crippen molar-refractivity contribution in [3.05, 3.63) is 65.2 Å². The summed E-state index contributed by atoms with van der Waals surface area (Å²) in [7, 11) is 1.80. The smallest absolute Gasteiger partial charge is 0.260 e. The van der Waals surface area contributed by atoms with Crippen LogP contribution in [0, 0.1) is 6.92 Å². The van der Waals surface area contributed by atoms with Crippen LogP contribution in [-0.2, 0) is 22.6 Å². The van der Waals surface area contributed by atoms with E-state index >= 15 is 0 Å². The van der Waals surface area contributed by atoms with Gasteiger partial charge in [0.1, 0.15) is 5.75 Å². The second-order valence-corrected chi connectivity index (χ2v) is 6.29. The van der Waals surface area contributed by atoms with Gasteiger partial charge in [0.15, 0.2) is 6.61 Å². The van der Waals surface area contributed by atoms with E-state index in [1.165, 1.54) is 11.1 Å². The van der Waals surface area contributed by atoms with Gasteiger partial charge in [0.05, 0.1) is 12.7 Å². The summed E-state index contributed by atoms with van der Waals surface area (Å²) < 4.78 is 11.5. The molecule has 2 aromatic rings. The standard InChI is InChI=1S/C20H23NO3/c1-15-6-5-9-18(10-15)24-14-20(22)21(2)12-19-11-16-7-3-4-8-17(16)13-23-19/h3-10,19H,11-14H2,1-2H3. The molecular formula is C20H23NO3. The van der Waals surface area contributed by atoms with Crippen LogP contribution in [0.25, 0.3) is 0 Å². The van der Waals surface area contributed by atoms with Crippen molar-refractivity contribution in [1.29, 1.82) is 0 Å². The lowest BCUT2D eigenvalue weighted by Crippen LogP contribution is -2.40. The van der Waals surface area contributed by atoms with Crippen LogP contribution in [0.5, 0.6) is 5.75 Å². The monoisotopic (exact) mass is 325 g/mol. The molecule has 3 rings (SSSR count). The maximum absolute atomic E-state index is 12.3. The highest BCUT2D eigenvalue weighted by atomic mass is 16.5. The normalized spacial score (nSPS) is 16.3. The summed E-state index contributed by atoms with van der Waals surface area (Å²) >= 11 is 0. The minimum absolute atomic E-state index is 0.0350. The number of benzene rings is 2. The van der Waals surface area contributed by atoms with Gasteiger partial charge in [-0.05, 0) is 35.7 Å². The zero-order valence-corrected chi connectivity index (χ0v) is 14.2. The lowest BCUT2D eigenvalue weighted by atomic mass is 9.99. The highest BCUT2D eigenvalue weighted by molar-refractivity contribution is 5.77. The molecule has 0 saturated heterocycles. The van der Waals surface area contributed by atoms with E-state index in [4.69, 9.17) is 9.47 Å². The van der Waals surface area contributed by atoms with Gasteiger partial charge in [-0.3, -0.25) is 4.79 Å². The third-order valence-electron chi connectivity index (χ3n) is 4.30. The van der Waals surface area contributed by atoms with Crippen LogP contribution in [0.3, 0.4) is 0 Å². The predicted molar refractivity (Wildman–Crippen MR) is 93.0 cm³/mol. The summed E-state index contributed by atoms with van der Waals surface area (Å²) in [6.07, 6.45) is 0.875. The Balaban J connectivity index is 1.50. The van der Waals surface area contributed by atoms with Gasteiger partial charge in [0.2, 0.25) is 0 Å². The largest absolute Gasteiger partial charge is 0.484 e. The number of hydrogen-bond acceptors (Lipinski definition) is 3. The number of hydrogen-bond donors (Lipinski definition) is 0. The Morgan fingerprint density at radius 3 is 2.79 bits per heavy atom. The van der Waals surface area contributed by atoms with Gasteiger partial charge in [-0.2, -0.15) is 0 Å². The van der Waals surface area contributed by atoms with Crippen molar-refractivity contribution < 1.29 is 14.3 Å². The Hall–Kier alpha value is -2.33. The first-order valence-corrected chi connectivity index (χ1v) is 8.23. The molecule has 0 fully saturated rings. The zero-order chi connectivity index (χ0) is 16.9. The zero-order valence-electron chi connectivity index (χ0n) is 14.2. The Morgan fingerprint density at radius 1 is 1.21 bits per heavy atom. The number of nitrogens with zero attached hydrogens (tertiary/aromatic N) is 1. The molecule has 0 saturated carbocycles. The molecule has 2 aromatic carbocycles. The van der Waals surface area contributed by atoms with E-state index in [9.17, 15) is 4.79 Å². The summed E-state index contributed by atoms with van der Waals surface area (Å²) in [5, 5.41) is 0. The highest BCUT2D eigenvalue weighted by Crippen LogP contribution is 2.20. The lowest BCUT2D eigenvalue weighted by molar-refractivity contribution is -0.134. The first-order chi connectivity index (χ1) is 11.6. The number of rotatable bonds is 5. The first-order valence-electron chi connectivity index (χ1n) is 8.23. The molecule has 4 nitrogen and oxygen atoms in total. The second kappa shape index (κ2) is 7.49. The van der Waals surface area contributed by atoms with Crippen LogP contribution in [0.1, 0.15) is 16.7 Å². The molecule has 1 amide bonds. The van der Waals surface area contributed by atoms with Crippen molar-refractivity contribution in [2.45, 2.75) is 26.1 Å². The first kappa shape index (κ1) is 16.5. The summed E-state index contributed by atoms with van der Waals surface area (Å²) in [4.78, 5) is 14.0.